The van der Waals surface area contributed by atoms with Crippen LogP contribution in [0.25, 0.3) is 10.1 Å². The van der Waals surface area contributed by atoms with Crippen molar-refractivity contribution in [2.75, 3.05) is 50.7 Å². The minimum Gasteiger partial charge on any atom is -0.353 e. The van der Waals surface area contributed by atoms with E-state index in [9.17, 15) is 9.59 Å². The van der Waals surface area contributed by atoms with Crippen molar-refractivity contribution in [3.8, 4) is 0 Å². The third kappa shape index (κ3) is 5.80. The number of hydrogen-bond donors (Lipinski definition) is 0. The maximum atomic E-state index is 12.5. The molecule has 0 radical (unpaired) electrons. The van der Waals surface area contributed by atoms with E-state index >= 15 is 0 Å². The van der Waals surface area contributed by atoms with Gasteiger partial charge in [0, 0.05) is 36.6 Å². The van der Waals surface area contributed by atoms with Crippen molar-refractivity contribution < 1.29 is 9.59 Å². The van der Waals surface area contributed by atoms with Gasteiger partial charge in [0.25, 0.3) is 0 Å². The first-order valence-electron chi connectivity index (χ1n) is 12.9. The zero-order valence-corrected chi connectivity index (χ0v) is 22.1. The lowest BCUT2D eigenvalue weighted by molar-refractivity contribution is -0.134. The third-order valence-corrected chi connectivity index (χ3v) is 8.77. The molecule has 2 saturated heterocycles. The molecule has 2 aliphatic heterocycles. The van der Waals surface area contributed by atoms with Gasteiger partial charge in [-0.05, 0) is 92.6 Å². The Morgan fingerprint density at radius 1 is 1.00 bits per heavy atom. The molecule has 3 aromatic rings. The van der Waals surface area contributed by atoms with Crippen molar-refractivity contribution in [2.45, 2.75) is 37.6 Å². The summed E-state index contributed by atoms with van der Waals surface area (Å²) in [7, 11) is 0. The van der Waals surface area contributed by atoms with Gasteiger partial charge in [-0.2, -0.15) is 4.37 Å². The topological polar surface area (TPSA) is 56.8 Å². The van der Waals surface area contributed by atoms with E-state index in [4.69, 9.17) is 16.0 Å². The number of Topliss-reactive ketones (excluding diaryl/α,β-unsaturated/α-hetero) is 1. The van der Waals surface area contributed by atoms with Gasteiger partial charge in [-0.15, -0.1) is 0 Å². The summed E-state index contributed by atoms with van der Waals surface area (Å²) in [5.74, 6) is 1.13. The number of aldehydes is 1. The van der Waals surface area contributed by atoms with Crippen LogP contribution in [0.15, 0.2) is 48.5 Å². The first kappa shape index (κ1) is 25.3. The predicted octanol–water partition coefficient (Wildman–Crippen LogP) is 4.87. The molecule has 2 atom stereocenters. The first-order valence-corrected chi connectivity index (χ1v) is 14.1. The molecule has 2 unspecified atom stereocenters. The van der Waals surface area contributed by atoms with Crippen molar-refractivity contribution in [1.29, 1.82) is 0 Å². The Morgan fingerprint density at radius 3 is 2.53 bits per heavy atom. The molecule has 2 aromatic carbocycles. The van der Waals surface area contributed by atoms with E-state index in [0.717, 1.165) is 75.9 Å². The zero-order chi connectivity index (χ0) is 24.9. The van der Waals surface area contributed by atoms with E-state index in [1.54, 1.807) is 11.5 Å². The van der Waals surface area contributed by atoms with Crippen LogP contribution in [0.4, 0.5) is 5.82 Å². The largest absolute Gasteiger partial charge is 0.353 e. The molecule has 0 amide bonds. The van der Waals surface area contributed by atoms with Crippen LogP contribution in [0.1, 0.15) is 37.2 Å². The second kappa shape index (κ2) is 11.8. The van der Waals surface area contributed by atoms with E-state index in [1.165, 1.54) is 15.6 Å². The number of rotatable bonds is 9. The van der Waals surface area contributed by atoms with Crippen LogP contribution in [-0.2, 0) is 9.59 Å². The van der Waals surface area contributed by atoms with Crippen LogP contribution in [0.2, 0.25) is 5.02 Å². The van der Waals surface area contributed by atoms with Crippen LogP contribution in [-0.4, -0.2) is 78.1 Å². The highest BCUT2D eigenvalue weighted by atomic mass is 35.5. The normalized spacial score (nSPS) is 21.6. The predicted molar refractivity (Wildman–Crippen MR) is 147 cm³/mol. The molecular formula is C28H33ClN4O2S. The number of piperidine rings is 1. The fraction of sp³-hybridized carbons (Fsp3) is 0.464. The maximum Gasteiger partial charge on any atom is 0.212 e. The molecule has 5 rings (SSSR count). The number of hydrogen-bond acceptors (Lipinski definition) is 7. The second-order valence-electron chi connectivity index (χ2n) is 9.88. The van der Waals surface area contributed by atoms with Crippen molar-refractivity contribution >= 4 is 51.1 Å². The number of halogens is 1. The number of carbonyl (C=O) groups is 2. The van der Waals surface area contributed by atoms with Gasteiger partial charge in [0.1, 0.15) is 5.82 Å². The molecule has 0 aliphatic carbocycles. The van der Waals surface area contributed by atoms with E-state index in [-0.39, 0.29) is 11.8 Å². The Labute approximate surface area is 222 Å². The Morgan fingerprint density at radius 2 is 1.75 bits per heavy atom. The lowest BCUT2D eigenvalue weighted by atomic mass is 9.84. The Balaban J connectivity index is 1.07. The molecule has 3 heterocycles. The van der Waals surface area contributed by atoms with Gasteiger partial charge in [0.05, 0.1) is 10.7 Å². The molecule has 36 heavy (non-hydrogen) atoms. The quantitative estimate of drug-likeness (QED) is 0.226. The summed E-state index contributed by atoms with van der Waals surface area (Å²) in [5.41, 5.74) is 1.20. The standard InChI is InChI=1S/C28H33ClN4O2S/c29-23-9-7-21(8-10-23)22-11-14-32(25(19-22)26(35)20-34)13-4-3-12-31-15-17-33(18-16-31)28-24-5-1-2-6-27(24)36-30-28/h1-2,5-10,20,22,25H,3-4,11-19H2. The molecule has 2 fully saturated rings. The lowest BCUT2D eigenvalue weighted by Gasteiger charge is -2.38. The van der Waals surface area contributed by atoms with Crippen LogP contribution >= 0.6 is 23.1 Å². The Bertz CT molecular complexity index is 1180. The molecule has 8 heteroatoms. The monoisotopic (exact) mass is 524 g/mol. The highest BCUT2D eigenvalue weighted by Crippen LogP contribution is 2.33. The molecule has 0 spiro atoms. The van der Waals surface area contributed by atoms with Gasteiger partial charge in [-0.1, -0.05) is 35.9 Å². The third-order valence-electron chi connectivity index (χ3n) is 7.70. The van der Waals surface area contributed by atoms with E-state index in [1.807, 2.05) is 24.3 Å². The Hall–Kier alpha value is -2.32. The summed E-state index contributed by atoms with van der Waals surface area (Å²) in [5, 5.41) is 1.98. The molecule has 1 aromatic heterocycles. The summed E-state index contributed by atoms with van der Waals surface area (Å²) < 4.78 is 5.96. The Kier molecular flexibility index (Phi) is 8.32. The van der Waals surface area contributed by atoms with Crippen LogP contribution in [0, 0.1) is 0 Å². The number of nitrogens with zero attached hydrogens (tertiary/aromatic N) is 4. The summed E-state index contributed by atoms with van der Waals surface area (Å²) in [4.78, 5) is 31.0. The number of carbonyl (C=O) groups excluding carboxylic acids is 2. The average molecular weight is 525 g/mol. The van der Waals surface area contributed by atoms with Gasteiger partial charge in [0.15, 0.2) is 6.29 Å². The molecule has 6 nitrogen and oxygen atoms in total. The number of benzene rings is 2. The van der Waals surface area contributed by atoms with Crippen LogP contribution in [0.5, 0.6) is 0 Å². The van der Waals surface area contributed by atoms with Crippen LogP contribution < -0.4 is 4.90 Å². The summed E-state index contributed by atoms with van der Waals surface area (Å²) >= 11 is 7.62. The molecule has 0 saturated carbocycles. The van der Waals surface area contributed by atoms with Crippen molar-refractivity contribution in [3.05, 3.63) is 59.1 Å². The molecular weight excluding hydrogens is 492 g/mol. The maximum absolute atomic E-state index is 12.5. The van der Waals surface area contributed by atoms with Crippen molar-refractivity contribution in [1.82, 2.24) is 14.2 Å². The van der Waals surface area contributed by atoms with E-state index < -0.39 is 0 Å². The molecule has 0 N–H and O–H groups in total. The number of anilines is 1. The SMILES string of the molecule is O=CC(=O)C1CC(c2ccc(Cl)cc2)CCN1CCCCN1CCN(c2nsc3ccccc23)CC1. The highest BCUT2D eigenvalue weighted by molar-refractivity contribution is 7.13. The number of piperazine rings is 1. The van der Waals surface area contributed by atoms with Gasteiger partial charge in [-0.3, -0.25) is 19.4 Å². The average Bonchev–Trinajstić information content (AvgIpc) is 3.36. The van der Waals surface area contributed by atoms with E-state index in [2.05, 4.69) is 39.0 Å². The number of unbranched alkanes of at least 4 members (excludes halogenated alkanes) is 1. The molecule has 190 valence electrons. The second-order valence-corrected chi connectivity index (χ2v) is 11.1. The summed E-state index contributed by atoms with van der Waals surface area (Å²) in [6.45, 7) is 6.87. The smallest absolute Gasteiger partial charge is 0.212 e. The van der Waals surface area contributed by atoms with Gasteiger partial charge in [-0.25, -0.2) is 0 Å². The minimum absolute atomic E-state index is 0.290. The minimum atomic E-state index is -0.312. The van der Waals surface area contributed by atoms with Crippen molar-refractivity contribution in [2.24, 2.45) is 0 Å². The highest BCUT2D eigenvalue weighted by Gasteiger charge is 2.33. The number of ketones is 1. The number of aromatic nitrogens is 1. The lowest BCUT2D eigenvalue weighted by Crippen LogP contribution is -2.48. The molecule has 2 aliphatic rings. The van der Waals surface area contributed by atoms with Gasteiger partial charge in [0.2, 0.25) is 5.78 Å². The summed E-state index contributed by atoms with van der Waals surface area (Å²) in [6.07, 6.45) is 4.33. The van der Waals surface area contributed by atoms with Gasteiger partial charge < -0.3 is 4.90 Å². The zero-order valence-electron chi connectivity index (χ0n) is 20.5. The molecule has 0 bridgehead atoms. The number of likely N-dealkylation sites (tertiary alicyclic amines) is 1. The van der Waals surface area contributed by atoms with E-state index in [0.29, 0.717) is 18.6 Å². The van der Waals surface area contributed by atoms with Gasteiger partial charge >= 0.3 is 0 Å². The summed E-state index contributed by atoms with van der Waals surface area (Å²) in [6, 6.07) is 16.0. The van der Waals surface area contributed by atoms with Crippen molar-refractivity contribution in [3.63, 3.8) is 0 Å². The number of fused-ring (bicyclic) bond motifs is 1. The fourth-order valence-electron chi connectivity index (χ4n) is 5.63. The first-order chi connectivity index (χ1) is 17.6. The van der Waals surface area contributed by atoms with Crippen LogP contribution in [0.3, 0.4) is 0 Å². The fourth-order valence-corrected chi connectivity index (χ4v) is 6.55.